The molecule has 5 nitrogen and oxygen atoms in total. The minimum Gasteiger partial charge on any atom is -0.508 e. The fraction of sp³-hybridized carbons (Fsp3) is 0.381. The zero-order valence-corrected chi connectivity index (χ0v) is 15.2. The smallest absolute Gasteiger partial charge is 0.138 e. The van der Waals surface area contributed by atoms with Crippen LogP contribution in [0.2, 0.25) is 0 Å². The number of hydrogen-bond donors (Lipinski definition) is 3. The number of rotatable bonds is 5. The van der Waals surface area contributed by atoms with Crippen LogP contribution >= 0.6 is 0 Å². The quantitative estimate of drug-likeness (QED) is 0.725. The van der Waals surface area contributed by atoms with Crippen molar-refractivity contribution in [3.63, 3.8) is 0 Å². The third-order valence-corrected chi connectivity index (χ3v) is 5.26. The lowest BCUT2D eigenvalue weighted by Crippen LogP contribution is -2.45. The zero-order valence-electron chi connectivity index (χ0n) is 15.2. The van der Waals surface area contributed by atoms with E-state index in [1.54, 1.807) is 12.1 Å². The van der Waals surface area contributed by atoms with E-state index in [-0.39, 0.29) is 5.75 Å². The van der Waals surface area contributed by atoms with Crippen molar-refractivity contribution >= 4 is 11.5 Å². The van der Waals surface area contributed by atoms with Crippen molar-refractivity contribution in [3.05, 3.63) is 59.7 Å². The molecule has 0 aromatic heterocycles. The molecule has 4 rings (SSSR count). The average Bonchev–Trinajstić information content (AvgIpc) is 3.16. The summed E-state index contributed by atoms with van der Waals surface area (Å²) in [5, 5.41) is 17.0. The second-order valence-corrected chi connectivity index (χ2v) is 7.23. The number of amidine groups is 1. The number of phenols is 1. The van der Waals surface area contributed by atoms with Crippen LogP contribution in [0.3, 0.4) is 0 Å². The molecule has 2 aliphatic heterocycles. The van der Waals surface area contributed by atoms with Crippen LogP contribution in [0.15, 0.2) is 53.5 Å². The maximum absolute atomic E-state index is 9.99. The molecule has 0 spiro atoms. The van der Waals surface area contributed by atoms with Crippen molar-refractivity contribution < 1.29 is 5.11 Å². The number of fused-ring (bicyclic) bond motifs is 1. The Hall–Kier alpha value is -2.37. The van der Waals surface area contributed by atoms with Gasteiger partial charge >= 0.3 is 0 Å². The molecule has 0 unspecified atom stereocenters. The molecule has 0 saturated carbocycles. The number of aliphatic imine (C=N–C) groups is 1. The van der Waals surface area contributed by atoms with Gasteiger partial charge in [-0.1, -0.05) is 30.3 Å². The maximum atomic E-state index is 9.99. The summed E-state index contributed by atoms with van der Waals surface area (Å²) in [6.07, 6.45) is 2.60. The summed E-state index contributed by atoms with van der Waals surface area (Å²) in [4.78, 5) is 7.48. The number of aromatic hydroxyl groups is 1. The van der Waals surface area contributed by atoms with Crippen LogP contribution in [-0.4, -0.2) is 42.0 Å². The first-order valence-electron chi connectivity index (χ1n) is 9.37. The topological polar surface area (TPSA) is 59.9 Å². The Labute approximate surface area is 154 Å². The summed E-state index contributed by atoms with van der Waals surface area (Å²) in [5.41, 5.74) is 2.43. The highest BCUT2D eigenvalue weighted by Gasteiger charge is 2.33. The van der Waals surface area contributed by atoms with Gasteiger partial charge in [0, 0.05) is 29.9 Å². The molecule has 2 aromatic carbocycles. The van der Waals surface area contributed by atoms with Crippen LogP contribution in [0.5, 0.6) is 5.75 Å². The number of phenolic OH excluding ortho intramolecular Hbond substituents is 1. The molecule has 0 aliphatic carbocycles. The Morgan fingerprint density at radius 3 is 2.69 bits per heavy atom. The molecule has 3 N–H and O–H groups in total. The van der Waals surface area contributed by atoms with Gasteiger partial charge in [-0.3, -0.25) is 5.32 Å². The number of benzene rings is 2. The lowest BCUT2D eigenvalue weighted by atomic mass is 9.96. The van der Waals surface area contributed by atoms with E-state index >= 15 is 0 Å². The molecule has 26 heavy (non-hydrogen) atoms. The molecule has 0 radical (unpaired) electrons. The summed E-state index contributed by atoms with van der Waals surface area (Å²) in [5.74, 6) is 1.11. The molecule has 0 bridgehead atoms. The molecule has 0 amide bonds. The van der Waals surface area contributed by atoms with Crippen LogP contribution in [0.1, 0.15) is 30.9 Å². The fourth-order valence-corrected chi connectivity index (χ4v) is 3.81. The molecule has 2 aliphatic rings. The van der Waals surface area contributed by atoms with Gasteiger partial charge in [0.1, 0.15) is 17.2 Å². The first kappa shape index (κ1) is 17.1. The monoisotopic (exact) mass is 350 g/mol. The molecule has 136 valence electrons. The minimum absolute atomic E-state index is 0.261. The van der Waals surface area contributed by atoms with Gasteiger partial charge in [0.25, 0.3) is 0 Å². The van der Waals surface area contributed by atoms with E-state index < -0.39 is 5.66 Å². The Kier molecular flexibility index (Phi) is 4.66. The van der Waals surface area contributed by atoms with Crippen molar-refractivity contribution in [2.75, 3.05) is 31.5 Å². The van der Waals surface area contributed by atoms with Crippen LogP contribution in [-0.2, 0) is 5.66 Å². The van der Waals surface area contributed by atoms with Crippen molar-refractivity contribution in [3.8, 4) is 5.75 Å². The standard InChI is InChI=1S/C21H26N4O/c1-21(22-11-14-25-12-5-6-13-25)18-15-17(26)9-10-19(18)23-20(24-21)16-7-3-2-4-8-16/h2-4,7-10,15,22,26H,5-6,11-14H2,1H3,(H,23,24)/t21-/m1/s1. The number of anilines is 1. The lowest BCUT2D eigenvalue weighted by molar-refractivity contribution is 0.300. The summed E-state index contributed by atoms with van der Waals surface area (Å²) in [6.45, 7) is 6.34. The highest BCUT2D eigenvalue weighted by Crippen LogP contribution is 2.36. The Bertz CT molecular complexity index is 799. The van der Waals surface area contributed by atoms with Crippen molar-refractivity contribution in [1.29, 1.82) is 0 Å². The van der Waals surface area contributed by atoms with Crippen LogP contribution < -0.4 is 10.6 Å². The third-order valence-electron chi connectivity index (χ3n) is 5.26. The molecule has 5 heteroatoms. The van der Waals surface area contributed by atoms with Gasteiger partial charge in [-0.2, -0.15) is 0 Å². The number of nitrogens with zero attached hydrogens (tertiary/aromatic N) is 2. The molecule has 1 fully saturated rings. The van der Waals surface area contributed by atoms with Gasteiger partial charge in [0.2, 0.25) is 0 Å². The molecule has 1 saturated heterocycles. The summed E-state index contributed by atoms with van der Waals surface area (Å²) in [6, 6.07) is 15.6. The fourth-order valence-electron chi connectivity index (χ4n) is 3.81. The summed E-state index contributed by atoms with van der Waals surface area (Å²) < 4.78 is 0. The van der Waals surface area contributed by atoms with Gasteiger partial charge in [-0.15, -0.1) is 0 Å². The first-order chi connectivity index (χ1) is 12.6. The molecular formula is C21H26N4O. The van der Waals surface area contributed by atoms with Crippen molar-refractivity contribution in [2.45, 2.75) is 25.4 Å². The van der Waals surface area contributed by atoms with Crippen molar-refractivity contribution in [1.82, 2.24) is 10.2 Å². The van der Waals surface area contributed by atoms with E-state index in [4.69, 9.17) is 4.99 Å². The second kappa shape index (κ2) is 7.09. The predicted octanol–water partition coefficient (Wildman–Crippen LogP) is 3.12. The largest absolute Gasteiger partial charge is 0.508 e. The highest BCUT2D eigenvalue weighted by atomic mass is 16.3. The summed E-state index contributed by atoms with van der Waals surface area (Å²) in [7, 11) is 0. The van der Waals surface area contributed by atoms with Gasteiger partial charge in [0.15, 0.2) is 0 Å². The number of nitrogens with one attached hydrogen (secondary N) is 2. The van der Waals surface area contributed by atoms with Gasteiger partial charge in [-0.05, 0) is 51.1 Å². The molecule has 1 atom stereocenters. The van der Waals surface area contributed by atoms with E-state index in [9.17, 15) is 5.11 Å². The number of hydrogen-bond acceptors (Lipinski definition) is 5. The Morgan fingerprint density at radius 1 is 1.15 bits per heavy atom. The van der Waals surface area contributed by atoms with Gasteiger partial charge in [-0.25, -0.2) is 4.99 Å². The maximum Gasteiger partial charge on any atom is 0.138 e. The zero-order chi connectivity index (χ0) is 18.0. The normalized spacial score (nSPS) is 22.6. The molecule has 2 aromatic rings. The first-order valence-corrected chi connectivity index (χ1v) is 9.37. The Balaban J connectivity index is 1.62. The van der Waals surface area contributed by atoms with E-state index in [1.807, 2.05) is 24.3 Å². The SMILES string of the molecule is C[C@@]1(NCCN2CCCC2)N=C(c2ccccc2)Nc2ccc(O)cc21. The molecule has 2 heterocycles. The van der Waals surface area contributed by atoms with Gasteiger partial charge < -0.3 is 15.3 Å². The Morgan fingerprint density at radius 2 is 1.92 bits per heavy atom. The van der Waals surface area contributed by atoms with Gasteiger partial charge in [0.05, 0.1) is 0 Å². The van der Waals surface area contributed by atoms with E-state index in [1.165, 1.54) is 25.9 Å². The highest BCUT2D eigenvalue weighted by molar-refractivity contribution is 6.10. The average molecular weight is 350 g/mol. The van der Waals surface area contributed by atoms with Crippen molar-refractivity contribution in [2.24, 2.45) is 4.99 Å². The van der Waals surface area contributed by atoms with Crippen LogP contribution in [0, 0.1) is 0 Å². The summed E-state index contributed by atoms with van der Waals surface area (Å²) >= 11 is 0. The lowest BCUT2D eigenvalue weighted by Gasteiger charge is -2.35. The van der Waals surface area contributed by atoms with E-state index in [0.29, 0.717) is 0 Å². The van der Waals surface area contributed by atoms with E-state index in [0.717, 1.165) is 35.7 Å². The van der Waals surface area contributed by atoms with E-state index in [2.05, 4.69) is 34.6 Å². The third kappa shape index (κ3) is 3.45. The number of likely N-dealkylation sites (tertiary alicyclic amines) is 1. The molecular weight excluding hydrogens is 324 g/mol. The minimum atomic E-state index is -0.579. The van der Waals surface area contributed by atoms with Crippen LogP contribution in [0.4, 0.5) is 5.69 Å². The predicted molar refractivity (Wildman–Crippen MR) is 106 cm³/mol. The van der Waals surface area contributed by atoms with Crippen LogP contribution in [0.25, 0.3) is 0 Å². The second-order valence-electron chi connectivity index (χ2n) is 7.23.